The van der Waals surface area contributed by atoms with E-state index in [-0.39, 0.29) is 18.0 Å². The standard InChI is InChI=1S/C29H38N4O5/c1-6-33-28(35)32-18-20-15-23(37-4)17-24(38-5)26(20)19(2)14-25(32)29(33)10-12-31(13-11-29)27(34)30-21-8-7-9-22(16-21)36-3/h8,14-17,19H,6-7,9-13,18H2,1-5H3,(H,30,34). The number of hydrogen-bond donors (Lipinski definition) is 1. The normalized spacial score (nSPS) is 22.1. The Morgan fingerprint density at radius 1 is 1.13 bits per heavy atom. The molecule has 3 aliphatic heterocycles. The fourth-order valence-electron chi connectivity index (χ4n) is 6.47. The second-order valence-electron chi connectivity index (χ2n) is 10.3. The maximum absolute atomic E-state index is 13.8. The van der Waals surface area contributed by atoms with E-state index in [1.165, 1.54) is 0 Å². The first-order valence-corrected chi connectivity index (χ1v) is 13.4. The van der Waals surface area contributed by atoms with Crippen LogP contribution in [0, 0.1) is 0 Å². The summed E-state index contributed by atoms with van der Waals surface area (Å²) >= 11 is 0. The molecule has 1 N–H and O–H groups in total. The number of carbonyl (C=O) groups is 2. The number of rotatable bonds is 5. The number of likely N-dealkylation sites (N-methyl/N-ethyl adjacent to an activating group) is 1. The van der Waals surface area contributed by atoms with Gasteiger partial charge in [0.05, 0.1) is 39.2 Å². The van der Waals surface area contributed by atoms with E-state index in [9.17, 15) is 9.59 Å². The molecule has 2 saturated heterocycles. The van der Waals surface area contributed by atoms with Crippen molar-refractivity contribution in [1.29, 1.82) is 0 Å². The van der Waals surface area contributed by atoms with E-state index in [1.54, 1.807) is 21.3 Å². The van der Waals surface area contributed by atoms with Crippen LogP contribution in [0.4, 0.5) is 9.59 Å². The zero-order chi connectivity index (χ0) is 27.0. The number of allylic oxidation sites excluding steroid dienone is 4. The third kappa shape index (κ3) is 4.27. The van der Waals surface area contributed by atoms with Crippen LogP contribution < -0.4 is 14.8 Å². The molecule has 3 heterocycles. The fourth-order valence-corrected chi connectivity index (χ4v) is 6.47. The van der Waals surface area contributed by atoms with Crippen LogP contribution in [-0.2, 0) is 11.3 Å². The summed E-state index contributed by atoms with van der Waals surface area (Å²) in [6, 6.07) is 3.82. The Bertz CT molecular complexity index is 1210. The summed E-state index contributed by atoms with van der Waals surface area (Å²) in [5, 5.41) is 3.03. The highest BCUT2D eigenvalue weighted by atomic mass is 16.5. The van der Waals surface area contributed by atoms with Gasteiger partial charge in [-0.2, -0.15) is 0 Å². The lowest BCUT2D eigenvalue weighted by Crippen LogP contribution is -2.56. The summed E-state index contributed by atoms with van der Waals surface area (Å²) in [6.45, 7) is 6.38. The molecule has 1 spiro atoms. The number of methoxy groups -OCH3 is 3. The molecule has 1 aromatic rings. The summed E-state index contributed by atoms with van der Waals surface area (Å²) in [5.41, 5.74) is 3.49. The van der Waals surface area contributed by atoms with E-state index in [1.807, 2.05) is 45.9 Å². The highest BCUT2D eigenvalue weighted by molar-refractivity contribution is 5.83. The van der Waals surface area contributed by atoms with Gasteiger partial charge in [0.15, 0.2) is 0 Å². The van der Waals surface area contributed by atoms with Crippen molar-refractivity contribution >= 4 is 12.1 Å². The molecule has 4 aliphatic rings. The minimum absolute atomic E-state index is 0.0167. The molecule has 0 saturated carbocycles. The lowest BCUT2D eigenvalue weighted by molar-refractivity contribution is 0.103. The number of amides is 4. The number of carbonyl (C=O) groups excluding carboxylic acids is 2. The van der Waals surface area contributed by atoms with Crippen molar-refractivity contribution in [3.8, 4) is 11.5 Å². The Morgan fingerprint density at radius 3 is 2.55 bits per heavy atom. The molecule has 0 bridgehead atoms. The van der Waals surface area contributed by atoms with Gasteiger partial charge in [-0.15, -0.1) is 0 Å². The molecule has 0 radical (unpaired) electrons. The molecule has 1 aliphatic carbocycles. The summed E-state index contributed by atoms with van der Waals surface area (Å²) in [4.78, 5) is 32.7. The average molecular weight is 523 g/mol. The highest BCUT2D eigenvalue weighted by Gasteiger charge is 2.55. The number of piperidine rings is 1. The van der Waals surface area contributed by atoms with Gasteiger partial charge in [0, 0.05) is 55.0 Å². The maximum Gasteiger partial charge on any atom is 0.325 e. The van der Waals surface area contributed by atoms with Gasteiger partial charge in [0.25, 0.3) is 0 Å². The third-order valence-electron chi connectivity index (χ3n) is 8.37. The Balaban J connectivity index is 1.40. The Morgan fingerprint density at radius 2 is 1.89 bits per heavy atom. The summed E-state index contributed by atoms with van der Waals surface area (Å²) in [6.07, 6.45) is 9.19. The smallest absolute Gasteiger partial charge is 0.325 e. The number of benzene rings is 1. The molecule has 5 rings (SSSR count). The number of fused-ring (bicyclic) bond motifs is 3. The van der Waals surface area contributed by atoms with Crippen LogP contribution in [0.15, 0.2) is 47.5 Å². The topological polar surface area (TPSA) is 83.6 Å². The predicted octanol–water partition coefficient (Wildman–Crippen LogP) is 4.71. The van der Waals surface area contributed by atoms with E-state index in [0.717, 1.165) is 46.9 Å². The number of urea groups is 2. The second-order valence-corrected chi connectivity index (χ2v) is 10.3. The summed E-state index contributed by atoms with van der Waals surface area (Å²) in [5.74, 6) is 2.40. The number of likely N-dealkylation sites (tertiary alicyclic amines) is 1. The molecule has 9 nitrogen and oxygen atoms in total. The minimum Gasteiger partial charge on any atom is -0.501 e. The maximum atomic E-state index is 13.8. The number of nitrogens with one attached hydrogen (secondary N) is 1. The van der Waals surface area contributed by atoms with Crippen LogP contribution in [-0.4, -0.2) is 73.3 Å². The molecule has 0 aromatic heterocycles. The quantitative estimate of drug-likeness (QED) is 0.605. The van der Waals surface area contributed by atoms with Crippen molar-refractivity contribution in [3.05, 3.63) is 58.6 Å². The van der Waals surface area contributed by atoms with Crippen LogP contribution >= 0.6 is 0 Å². The minimum atomic E-state index is -0.441. The molecular weight excluding hydrogens is 484 g/mol. The Labute approximate surface area is 224 Å². The molecule has 4 amide bonds. The first kappa shape index (κ1) is 26.0. The Kier molecular flexibility index (Phi) is 7.03. The van der Waals surface area contributed by atoms with Crippen molar-refractivity contribution in [2.24, 2.45) is 0 Å². The molecule has 1 atom stereocenters. The van der Waals surface area contributed by atoms with Crippen molar-refractivity contribution in [2.75, 3.05) is 41.0 Å². The molecule has 204 valence electrons. The first-order chi connectivity index (χ1) is 18.3. The zero-order valence-electron chi connectivity index (χ0n) is 23.0. The fraction of sp³-hybridized carbons (Fsp3) is 0.517. The van der Waals surface area contributed by atoms with Crippen LogP contribution in [0.5, 0.6) is 11.5 Å². The van der Waals surface area contributed by atoms with Gasteiger partial charge in [0.1, 0.15) is 11.5 Å². The van der Waals surface area contributed by atoms with Crippen molar-refractivity contribution in [3.63, 3.8) is 0 Å². The zero-order valence-corrected chi connectivity index (χ0v) is 23.0. The molecule has 38 heavy (non-hydrogen) atoms. The molecular formula is C29H38N4O5. The molecule has 2 fully saturated rings. The largest absolute Gasteiger partial charge is 0.501 e. The van der Waals surface area contributed by atoms with E-state index < -0.39 is 5.54 Å². The van der Waals surface area contributed by atoms with Gasteiger partial charge in [-0.3, -0.25) is 4.90 Å². The summed E-state index contributed by atoms with van der Waals surface area (Å²) in [7, 11) is 4.96. The monoisotopic (exact) mass is 522 g/mol. The average Bonchev–Trinajstić information content (AvgIpc) is 3.03. The van der Waals surface area contributed by atoms with E-state index >= 15 is 0 Å². The van der Waals surface area contributed by atoms with Crippen LogP contribution in [0.1, 0.15) is 56.6 Å². The van der Waals surface area contributed by atoms with Gasteiger partial charge in [-0.1, -0.05) is 19.1 Å². The second kappa shape index (κ2) is 10.3. The highest BCUT2D eigenvalue weighted by Crippen LogP contribution is 2.49. The number of hydrogen-bond acceptors (Lipinski definition) is 5. The first-order valence-electron chi connectivity index (χ1n) is 13.4. The lowest BCUT2D eigenvalue weighted by atomic mass is 9.82. The van der Waals surface area contributed by atoms with E-state index in [2.05, 4.69) is 18.3 Å². The van der Waals surface area contributed by atoms with Crippen molar-refractivity contribution in [2.45, 2.75) is 57.5 Å². The predicted molar refractivity (Wildman–Crippen MR) is 144 cm³/mol. The lowest BCUT2D eigenvalue weighted by Gasteiger charge is -2.44. The van der Waals surface area contributed by atoms with Crippen LogP contribution in [0.3, 0.4) is 0 Å². The van der Waals surface area contributed by atoms with E-state index in [4.69, 9.17) is 14.2 Å². The third-order valence-corrected chi connectivity index (χ3v) is 8.37. The summed E-state index contributed by atoms with van der Waals surface area (Å²) < 4.78 is 16.6. The van der Waals surface area contributed by atoms with Gasteiger partial charge in [0.2, 0.25) is 0 Å². The van der Waals surface area contributed by atoms with Crippen molar-refractivity contribution in [1.82, 2.24) is 20.0 Å². The van der Waals surface area contributed by atoms with Crippen LogP contribution in [0.2, 0.25) is 0 Å². The Hall–Kier alpha value is -3.62. The van der Waals surface area contributed by atoms with Gasteiger partial charge in [-0.25, -0.2) is 9.59 Å². The molecule has 9 heteroatoms. The van der Waals surface area contributed by atoms with Gasteiger partial charge in [-0.05, 0) is 43.9 Å². The SMILES string of the molecule is CCN1C(=O)N2Cc3cc(OC)cc(OC)c3C(C)C=C2C12CCN(C(=O)NC1=CCCC(OC)=C1)CC2. The van der Waals surface area contributed by atoms with E-state index in [0.29, 0.717) is 44.8 Å². The van der Waals surface area contributed by atoms with Crippen LogP contribution in [0.25, 0.3) is 0 Å². The molecule has 1 unspecified atom stereocenters. The van der Waals surface area contributed by atoms with Gasteiger partial charge >= 0.3 is 12.1 Å². The molecule has 1 aromatic carbocycles. The van der Waals surface area contributed by atoms with Crippen molar-refractivity contribution < 1.29 is 23.8 Å². The number of nitrogens with zero attached hydrogens (tertiary/aromatic N) is 3. The number of ether oxygens (including phenoxy) is 3. The van der Waals surface area contributed by atoms with Gasteiger partial charge < -0.3 is 29.3 Å².